The van der Waals surface area contributed by atoms with Crippen molar-refractivity contribution in [2.75, 3.05) is 28.6 Å². The minimum absolute atomic E-state index is 0.0662. The summed E-state index contributed by atoms with van der Waals surface area (Å²) in [4.78, 5) is 39.1. The summed E-state index contributed by atoms with van der Waals surface area (Å²) in [6, 6.07) is 23.5. The van der Waals surface area contributed by atoms with Crippen LogP contribution >= 0.6 is 0 Å². The van der Waals surface area contributed by atoms with E-state index in [1.165, 1.54) is 0 Å². The summed E-state index contributed by atoms with van der Waals surface area (Å²) in [5, 5.41) is 8.79. The molecule has 1 atom stereocenters. The van der Waals surface area contributed by atoms with Gasteiger partial charge in [-0.05, 0) is 80.9 Å². The van der Waals surface area contributed by atoms with Crippen molar-refractivity contribution < 1.29 is 14.4 Å². The third-order valence-corrected chi connectivity index (χ3v) is 5.63. The van der Waals surface area contributed by atoms with E-state index >= 15 is 0 Å². The molecular weight excluding hydrogens is 440 g/mol. The molecule has 0 aliphatic heterocycles. The van der Waals surface area contributed by atoms with Crippen molar-refractivity contribution in [2.24, 2.45) is 0 Å². The lowest BCUT2D eigenvalue weighted by Gasteiger charge is -2.21. The summed E-state index contributed by atoms with van der Waals surface area (Å²) in [5.74, 6) is -0.432. The van der Waals surface area contributed by atoms with Gasteiger partial charge in [0.15, 0.2) is 0 Å². The first kappa shape index (κ1) is 25.5. The Hall–Kier alpha value is -4.13. The standard InChI is InChI=1S/C28H32N4O3/c1-4-20(3)30-27(34)21-11-15-23(16-12-21)29-19-26(33)31-24-17-13-22(14-18-24)28(35)32(5-2)25-9-7-6-8-10-25/h6-18,20,29H,4-5,19H2,1-3H3,(H,30,34)(H,31,33). The average Bonchev–Trinajstić information content (AvgIpc) is 2.89. The number of amides is 3. The molecule has 0 aliphatic rings. The number of hydrogen-bond donors (Lipinski definition) is 3. The van der Waals surface area contributed by atoms with Gasteiger partial charge >= 0.3 is 0 Å². The average molecular weight is 473 g/mol. The van der Waals surface area contributed by atoms with Crippen LogP contribution in [0.1, 0.15) is 47.9 Å². The number of hydrogen-bond acceptors (Lipinski definition) is 4. The summed E-state index contributed by atoms with van der Waals surface area (Å²) >= 11 is 0. The Balaban J connectivity index is 1.51. The van der Waals surface area contributed by atoms with E-state index in [0.717, 1.165) is 17.8 Å². The van der Waals surface area contributed by atoms with Gasteiger partial charge in [0.2, 0.25) is 5.91 Å². The topological polar surface area (TPSA) is 90.5 Å². The maximum absolute atomic E-state index is 12.9. The molecular formula is C28H32N4O3. The lowest BCUT2D eigenvalue weighted by atomic mass is 10.1. The molecule has 3 rings (SSSR count). The highest BCUT2D eigenvalue weighted by atomic mass is 16.2. The smallest absolute Gasteiger partial charge is 0.258 e. The second-order valence-corrected chi connectivity index (χ2v) is 8.22. The molecule has 0 radical (unpaired) electrons. The number of carbonyl (C=O) groups is 3. The van der Waals surface area contributed by atoms with Gasteiger partial charge in [0, 0.05) is 40.8 Å². The second-order valence-electron chi connectivity index (χ2n) is 8.22. The van der Waals surface area contributed by atoms with E-state index in [1.54, 1.807) is 53.4 Å². The largest absolute Gasteiger partial charge is 0.376 e. The van der Waals surface area contributed by atoms with Crippen LogP contribution in [0.5, 0.6) is 0 Å². The molecule has 0 saturated carbocycles. The Bertz CT molecular complexity index is 1130. The number of rotatable bonds is 10. The first-order valence-corrected chi connectivity index (χ1v) is 11.8. The Labute approximate surface area is 206 Å². The van der Waals surface area contributed by atoms with Gasteiger partial charge in [-0.1, -0.05) is 25.1 Å². The fraction of sp³-hybridized carbons (Fsp3) is 0.250. The van der Waals surface area contributed by atoms with Gasteiger partial charge in [0.1, 0.15) is 0 Å². The summed E-state index contributed by atoms with van der Waals surface area (Å²) in [6.07, 6.45) is 0.865. The van der Waals surface area contributed by atoms with Gasteiger partial charge in [-0.25, -0.2) is 0 Å². The molecule has 0 spiro atoms. The lowest BCUT2D eigenvalue weighted by Crippen LogP contribution is -2.31. The van der Waals surface area contributed by atoms with E-state index in [2.05, 4.69) is 16.0 Å². The van der Waals surface area contributed by atoms with Gasteiger partial charge in [0.25, 0.3) is 11.8 Å². The van der Waals surface area contributed by atoms with Gasteiger partial charge in [-0.3, -0.25) is 14.4 Å². The van der Waals surface area contributed by atoms with Crippen LogP contribution in [-0.4, -0.2) is 36.9 Å². The van der Waals surface area contributed by atoms with Crippen molar-refractivity contribution in [1.82, 2.24) is 5.32 Å². The number of para-hydroxylation sites is 1. The van der Waals surface area contributed by atoms with E-state index in [9.17, 15) is 14.4 Å². The molecule has 3 amide bonds. The van der Waals surface area contributed by atoms with Gasteiger partial charge in [-0.2, -0.15) is 0 Å². The monoisotopic (exact) mass is 472 g/mol. The molecule has 182 valence electrons. The molecule has 3 aromatic carbocycles. The molecule has 35 heavy (non-hydrogen) atoms. The fourth-order valence-electron chi connectivity index (χ4n) is 3.44. The Morgan fingerprint density at radius 2 is 1.40 bits per heavy atom. The zero-order valence-electron chi connectivity index (χ0n) is 20.4. The van der Waals surface area contributed by atoms with Gasteiger partial charge in [-0.15, -0.1) is 0 Å². The van der Waals surface area contributed by atoms with Crippen molar-refractivity contribution in [1.29, 1.82) is 0 Å². The molecule has 1 unspecified atom stereocenters. The predicted molar refractivity (Wildman–Crippen MR) is 141 cm³/mol. The van der Waals surface area contributed by atoms with Crippen LogP contribution in [0, 0.1) is 0 Å². The fourth-order valence-corrected chi connectivity index (χ4v) is 3.44. The predicted octanol–water partition coefficient (Wildman–Crippen LogP) is 4.93. The lowest BCUT2D eigenvalue weighted by molar-refractivity contribution is -0.114. The number of benzene rings is 3. The normalized spacial score (nSPS) is 11.3. The van der Waals surface area contributed by atoms with Crippen LogP contribution < -0.4 is 20.9 Å². The SMILES string of the molecule is CCC(C)NC(=O)c1ccc(NCC(=O)Nc2ccc(C(=O)N(CC)c3ccccc3)cc2)cc1. The highest BCUT2D eigenvalue weighted by molar-refractivity contribution is 6.06. The van der Waals surface area contributed by atoms with Gasteiger partial charge in [0.05, 0.1) is 6.54 Å². The van der Waals surface area contributed by atoms with Crippen LogP contribution in [0.25, 0.3) is 0 Å². The van der Waals surface area contributed by atoms with E-state index in [1.807, 2.05) is 51.1 Å². The van der Waals surface area contributed by atoms with Crippen molar-refractivity contribution >= 4 is 34.8 Å². The molecule has 7 heteroatoms. The Morgan fingerprint density at radius 1 is 0.800 bits per heavy atom. The van der Waals surface area contributed by atoms with Gasteiger partial charge < -0.3 is 20.9 Å². The summed E-state index contributed by atoms with van der Waals surface area (Å²) in [5.41, 5.74) is 3.30. The Morgan fingerprint density at radius 3 is 2.00 bits per heavy atom. The number of carbonyl (C=O) groups excluding carboxylic acids is 3. The Kier molecular flexibility index (Phi) is 9.01. The first-order chi connectivity index (χ1) is 16.9. The van der Waals surface area contributed by atoms with E-state index in [0.29, 0.717) is 23.4 Å². The van der Waals surface area contributed by atoms with Crippen molar-refractivity contribution in [3.05, 3.63) is 90.0 Å². The third-order valence-electron chi connectivity index (χ3n) is 5.63. The molecule has 0 saturated heterocycles. The molecule has 0 bridgehead atoms. The third kappa shape index (κ3) is 7.17. The molecule has 0 aliphatic carbocycles. The van der Waals surface area contributed by atoms with Crippen LogP contribution in [-0.2, 0) is 4.79 Å². The molecule has 7 nitrogen and oxygen atoms in total. The summed E-state index contributed by atoms with van der Waals surface area (Å²) in [6.45, 7) is 6.53. The van der Waals surface area contributed by atoms with Crippen molar-refractivity contribution in [2.45, 2.75) is 33.2 Å². The second kappa shape index (κ2) is 12.4. The van der Waals surface area contributed by atoms with Crippen molar-refractivity contribution in [3.8, 4) is 0 Å². The summed E-state index contributed by atoms with van der Waals surface area (Å²) in [7, 11) is 0. The highest BCUT2D eigenvalue weighted by Gasteiger charge is 2.16. The molecule has 3 aromatic rings. The summed E-state index contributed by atoms with van der Waals surface area (Å²) < 4.78 is 0. The zero-order valence-corrected chi connectivity index (χ0v) is 20.4. The zero-order chi connectivity index (χ0) is 25.2. The van der Waals surface area contributed by atoms with Crippen molar-refractivity contribution in [3.63, 3.8) is 0 Å². The first-order valence-electron chi connectivity index (χ1n) is 11.8. The van der Waals surface area contributed by atoms with E-state index < -0.39 is 0 Å². The molecule has 0 heterocycles. The number of nitrogens with one attached hydrogen (secondary N) is 3. The maximum Gasteiger partial charge on any atom is 0.258 e. The van der Waals surface area contributed by atoms with E-state index in [-0.39, 0.29) is 30.3 Å². The molecule has 0 fully saturated rings. The van der Waals surface area contributed by atoms with Crippen LogP contribution in [0.4, 0.5) is 17.1 Å². The minimum atomic E-state index is -0.220. The maximum atomic E-state index is 12.9. The van der Waals surface area contributed by atoms with Crippen LogP contribution in [0.3, 0.4) is 0 Å². The minimum Gasteiger partial charge on any atom is -0.376 e. The van der Waals surface area contributed by atoms with Crippen LogP contribution in [0.2, 0.25) is 0 Å². The molecule has 0 aromatic heterocycles. The van der Waals surface area contributed by atoms with Crippen LogP contribution in [0.15, 0.2) is 78.9 Å². The number of anilines is 3. The number of nitrogens with zero attached hydrogens (tertiary/aromatic N) is 1. The quantitative estimate of drug-likeness (QED) is 0.390. The van der Waals surface area contributed by atoms with E-state index in [4.69, 9.17) is 0 Å². The molecule has 3 N–H and O–H groups in total. The highest BCUT2D eigenvalue weighted by Crippen LogP contribution is 2.18.